The van der Waals surface area contributed by atoms with E-state index in [2.05, 4.69) is 81.6 Å². The molecule has 0 bridgehead atoms. The Hall–Kier alpha value is -2.33. The van der Waals surface area contributed by atoms with Crippen molar-refractivity contribution in [2.24, 2.45) is 5.10 Å². The molecule has 29 heavy (non-hydrogen) atoms. The Balaban J connectivity index is 1.46. The highest BCUT2D eigenvalue weighted by molar-refractivity contribution is 9.10. The Morgan fingerprint density at radius 3 is 2.62 bits per heavy atom. The molecular formula is C25H23BrN2O. The molecule has 3 aliphatic rings. The van der Waals surface area contributed by atoms with Gasteiger partial charge in [-0.05, 0) is 53.4 Å². The monoisotopic (exact) mass is 446 g/mol. The lowest BCUT2D eigenvalue weighted by atomic mass is 9.86. The molecular weight excluding hydrogens is 424 g/mol. The minimum absolute atomic E-state index is 0.246. The summed E-state index contributed by atoms with van der Waals surface area (Å²) < 4.78 is 7.78. The summed E-state index contributed by atoms with van der Waals surface area (Å²) in [6.45, 7) is 0. The first-order chi connectivity index (χ1) is 14.2. The summed E-state index contributed by atoms with van der Waals surface area (Å²) >= 11 is 3.65. The van der Waals surface area contributed by atoms with E-state index in [0.29, 0.717) is 0 Å². The number of ether oxygens (including phenoxy) is 1. The first-order valence-corrected chi connectivity index (χ1v) is 11.4. The molecule has 3 aromatic rings. The minimum atomic E-state index is -0.289. The molecule has 0 saturated heterocycles. The molecule has 146 valence electrons. The molecule has 0 radical (unpaired) electrons. The summed E-state index contributed by atoms with van der Waals surface area (Å²) in [7, 11) is 0. The average Bonchev–Trinajstić information content (AvgIpc) is 3.22. The second kappa shape index (κ2) is 6.60. The summed E-state index contributed by atoms with van der Waals surface area (Å²) in [5.74, 6) is 1.03. The molecule has 0 aromatic heterocycles. The molecule has 4 heteroatoms. The van der Waals surface area contributed by atoms with Crippen LogP contribution in [-0.2, 0) is 0 Å². The van der Waals surface area contributed by atoms with Gasteiger partial charge in [-0.15, -0.1) is 0 Å². The number of rotatable bonds is 1. The summed E-state index contributed by atoms with van der Waals surface area (Å²) in [5.41, 5.74) is 3.35. The van der Waals surface area contributed by atoms with Crippen LogP contribution < -0.4 is 4.74 Å². The normalized spacial score (nSPS) is 22.2. The van der Waals surface area contributed by atoms with Crippen molar-refractivity contribution in [3.05, 3.63) is 76.3 Å². The molecule has 2 heterocycles. The first-order valence-electron chi connectivity index (χ1n) is 10.6. The molecule has 3 nitrogen and oxygen atoms in total. The van der Waals surface area contributed by atoms with Crippen LogP contribution in [0.15, 0.2) is 70.2 Å². The zero-order chi connectivity index (χ0) is 19.4. The van der Waals surface area contributed by atoms with Gasteiger partial charge in [0.1, 0.15) is 5.75 Å². The highest BCUT2D eigenvalue weighted by atomic mass is 79.9. The van der Waals surface area contributed by atoms with Gasteiger partial charge < -0.3 is 4.74 Å². The van der Waals surface area contributed by atoms with E-state index < -0.39 is 0 Å². The first kappa shape index (κ1) is 17.5. The van der Waals surface area contributed by atoms with E-state index in [1.54, 1.807) is 0 Å². The maximum Gasteiger partial charge on any atom is 0.198 e. The lowest BCUT2D eigenvalue weighted by Gasteiger charge is -2.49. The highest BCUT2D eigenvalue weighted by Gasteiger charge is 2.50. The SMILES string of the molecule is Brc1ccc2c(c1)C1CC(c3ccc4ccccc4c3)=NN1C1(CCCCC1)O2. The van der Waals surface area contributed by atoms with E-state index in [0.717, 1.165) is 29.5 Å². The zero-order valence-corrected chi connectivity index (χ0v) is 17.9. The molecule has 1 aliphatic carbocycles. The fraction of sp³-hybridized carbons (Fsp3) is 0.320. The predicted octanol–water partition coefficient (Wildman–Crippen LogP) is 6.81. The number of halogens is 1. The molecule has 1 spiro atoms. The zero-order valence-electron chi connectivity index (χ0n) is 16.3. The largest absolute Gasteiger partial charge is 0.466 e. The Bertz CT molecular complexity index is 1130. The highest BCUT2D eigenvalue weighted by Crippen LogP contribution is 2.51. The van der Waals surface area contributed by atoms with Crippen molar-refractivity contribution in [2.75, 3.05) is 0 Å². The molecule has 1 unspecified atom stereocenters. The van der Waals surface area contributed by atoms with Crippen LogP contribution in [0.3, 0.4) is 0 Å². The van der Waals surface area contributed by atoms with Crippen molar-refractivity contribution < 1.29 is 4.74 Å². The van der Waals surface area contributed by atoms with Gasteiger partial charge in [0.05, 0.1) is 11.8 Å². The lowest BCUT2D eigenvalue weighted by Crippen LogP contribution is -2.54. The van der Waals surface area contributed by atoms with Crippen molar-refractivity contribution in [2.45, 2.75) is 50.3 Å². The Morgan fingerprint density at radius 2 is 1.76 bits per heavy atom. The van der Waals surface area contributed by atoms with Gasteiger partial charge in [-0.1, -0.05) is 58.7 Å². The van der Waals surface area contributed by atoms with Crippen LogP contribution in [0.25, 0.3) is 10.8 Å². The molecule has 3 aromatic carbocycles. The van der Waals surface area contributed by atoms with E-state index in [4.69, 9.17) is 9.84 Å². The van der Waals surface area contributed by atoms with E-state index in [1.165, 1.54) is 46.9 Å². The van der Waals surface area contributed by atoms with Crippen molar-refractivity contribution in [3.8, 4) is 5.75 Å². The summed E-state index contributed by atoms with van der Waals surface area (Å²) in [4.78, 5) is 0. The minimum Gasteiger partial charge on any atom is -0.466 e. The van der Waals surface area contributed by atoms with Crippen LogP contribution in [0.5, 0.6) is 5.75 Å². The second-order valence-corrected chi connectivity index (χ2v) is 9.38. The maximum atomic E-state index is 6.68. The van der Waals surface area contributed by atoms with Crippen molar-refractivity contribution in [1.29, 1.82) is 0 Å². The molecule has 0 N–H and O–H groups in total. The third-order valence-corrected chi connectivity index (χ3v) is 7.17. The number of benzene rings is 3. The van der Waals surface area contributed by atoms with Gasteiger partial charge in [0, 0.05) is 29.3 Å². The fourth-order valence-electron chi connectivity index (χ4n) is 5.23. The van der Waals surface area contributed by atoms with Gasteiger partial charge in [-0.3, -0.25) is 0 Å². The van der Waals surface area contributed by atoms with Crippen LogP contribution in [0, 0.1) is 0 Å². The van der Waals surface area contributed by atoms with E-state index in [9.17, 15) is 0 Å². The Labute approximate surface area is 179 Å². The number of nitrogens with zero attached hydrogens (tertiary/aromatic N) is 2. The molecule has 6 rings (SSSR count). The second-order valence-electron chi connectivity index (χ2n) is 8.46. The summed E-state index contributed by atoms with van der Waals surface area (Å²) in [5, 5.41) is 10.1. The van der Waals surface area contributed by atoms with Crippen LogP contribution in [0.4, 0.5) is 0 Å². The summed E-state index contributed by atoms with van der Waals surface area (Å²) in [6.07, 6.45) is 6.72. The third kappa shape index (κ3) is 2.80. The fourth-order valence-corrected chi connectivity index (χ4v) is 5.61. The van der Waals surface area contributed by atoms with Gasteiger partial charge in [0.15, 0.2) is 5.72 Å². The van der Waals surface area contributed by atoms with Crippen molar-refractivity contribution in [1.82, 2.24) is 5.01 Å². The molecule has 2 aliphatic heterocycles. The van der Waals surface area contributed by atoms with Gasteiger partial charge in [0.2, 0.25) is 0 Å². The van der Waals surface area contributed by atoms with Crippen LogP contribution in [-0.4, -0.2) is 16.4 Å². The Kier molecular flexibility index (Phi) is 3.98. The van der Waals surface area contributed by atoms with Crippen LogP contribution >= 0.6 is 15.9 Å². The van der Waals surface area contributed by atoms with E-state index >= 15 is 0 Å². The standard InChI is InChI=1S/C25H23BrN2O/c26-20-10-11-24-21(15-20)23-16-22(19-9-8-17-6-2-3-7-18(17)14-19)27-28(23)25(29-24)12-4-1-5-13-25/h2-3,6-11,14-15,23H,1,4-5,12-13,16H2. The molecule has 1 atom stereocenters. The van der Waals surface area contributed by atoms with Gasteiger partial charge in [-0.25, -0.2) is 5.01 Å². The number of hydrazone groups is 1. The van der Waals surface area contributed by atoms with Gasteiger partial charge in [0.25, 0.3) is 0 Å². The molecule has 0 amide bonds. The van der Waals surface area contributed by atoms with Gasteiger partial charge in [-0.2, -0.15) is 5.10 Å². The molecule has 1 fully saturated rings. The smallest absolute Gasteiger partial charge is 0.198 e. The topological polar surface area (TPSA) is 24.8 Å². The van der Waals surface area contributed by atoms with E-state index in [-0.39, 0.29) is 11.8 Å². The van der Waals surface area contributed by atoms with Gasteiger partial charge >= 0.3 is 0 Å². The number of hydrogen-bond donors (Lipinski definition) is 0. The molecule has 1 saturated carbocycles. The lowest BCUT2D eigenvalue weighted by molar-refractivity contribution is -0.140. The van der Waals surface area contributed by atoms with E-state index in [1.807, 2.05) is 0 Å². The van der Waals surface area contributed by atoms with Crippen LogP contribution in [0.1, 0.15) is 55.7 Å². The Morgan fingerprint density at radius 1 is 0.931 bits per heavy atom. The number of hydrogen-bond acceptors (Lipinski definition) is 3. The predicted molar refractivity (Wildman–Crippen MR) is 120 cm³/mol. The van der Waals surface area contributed by atoms with Crippen molar-refractivity contribution >= 4 is 32.4 Å². The maximum absolute atomic E-state index is 6.68. The quantitative estimate of drug-likeness (QED) is 0.410. The van der Waals surface area contributed by atoms with Crippen LogP contribution in [0.2, 0.25) is 0 Å². The number of fused-ring (bicyclic) bond motifs is 5. The third-order valence-electron chi connectivity index (χ3n) is 6.68. The summed E-state index contributed by atoms with van der Waals surface area (Å²) in [6, 6.07) is 21.9. The van der Waals surface area contributed by atoms with Crippen molar-refractivity contribution in [3.63, 3.8) is 0 Å². The average molecular weight is 447 g/mol.